The minimum absolute atomic E-state index is 0.0486. The van der Waals surface area contributed by atoms with Crippen LogP contribution in [0.4, 0.5) is 0 Å². The Morgan fingerprint density at radius 3 is 2.67 bits per heavy atom. The van der Waals surface area contributed by atoms with Gasteiger partial charge in [-0.1, -0.05) is 32.0 Å². The Morgan fingerprint density at radius 2 is 1.94 bits per heavy atom. The van der Waals surface area contributed by atoms with E-state index in [0.717, 1.165) is 5.39 Å². The van der Waals surface area contributed by atoms with Gasteiger partial charge in [-0.15, -0.1) is 0 Å². The third-order valence-electron chi connectivity index (χ3n) is 6.83. The molecule has 0 spiro atoms. The Morgan fingerprint density at radius 1 is 1.14 bits per heavy atom. The number of nitrogens with zero attached hydrogens (tertiary/aromatic N) is 3. The van der Waals surface area contributed by atoms with Gasteiger partial charge in [0.15, 0.2) is 11.5 Å². The van der Waals surface area contributed by atoms with Crippen LogP contribution in [0.15, 0.2) is 59.3 Å². The van der Waals surface area contributed by atoms with Gasteiger partial charge in [-0.3, -0.25) is 24.2 Å². The smallest absolute Gasteiger partial charge is 0.287 e. The van der Waals surface area contributed by atoms with Crippen molar-refractivity contribution in [3.8, 4) is 0 Å². The number of rotatable bonds is 6. The van der Waals surface area contributed by atoms with E-state index < -0.39 is 18.0 Å². The number of hydrogen-bond donors (Lipinski definition) is 1. The molecule has 2 aliphatic rings. The minimum Gasteiger partial charge on any atom is -0.451 e. The standard InChI is InChI=1S/C27H28N4O5/c1-16(2)12-19(29-25(33)23-13-17-6-3-4-8-22(17)36-23)27(35)30-11-9-20-24(30)21(32)15-31(20)26(34)18-7-5-10-28-14-18/h3-8,10,13-14,16,19-20,24H,9,11-12,15H2,1-2H3,(H,29,33)/t19-,20+,24-/m0/s1. The van der Waals surface area contributed by atoms with Crippen molar-refractivity contribution in [3.05, 3.63) is 66.2 Å². The van der Waals surface area contributed by atoms with Crippen LogP contribution in [0.2, 0.25) is 0 Å². The predicted octanol–water partition coefficient (Wildman–Crippen LogP) is 2.67. The summed E-state index contributed by atoms with van der Waals surface area (Å²) in [6, 6.07) is 10.4. The van der Waals surface area contributed by atoms with Crippen molar-refractivity contribution in [1.29, 1.82) is 0 Å². The number of nitrogens with one attached hydrogen (secondary N) is 1. The number of fused-ring (bicyclic) bond motifs is 2. The molecule has 3 amide bonds. The number of pyridine rings is 1. The van der Waals surface area contributed by atoms with E-state index in [-0.39, 0.29) is 41.9 Å². The third-order valence-corrected chi connectivity index (χ3v) is 6.83. The van der Waals surface area contributed by atoms with E-state index in [9.17, 15) is 19.2 Å². The zero-order chi connectivity index (χ0) is 25.4. The summed E-state index contributed by atoms with van der Waals surface area (Å²) < 4.78 is 5.67. The molecule has 0 unspecified atom stereocenters. The zero-order valence-corrected chi connectivity index (χ0v) is 20.2. The van der Waals surface area contributed by atoms with Crippen molar-refractivity contribution in [2.75, 3.05) is 13.1 Å². The first-order valence-corrected chi connectivity index (χ1v) is 12.2. The van der Waals surface area contributed by atoms with Crippen molar-refractivity contribution in [3.63, 3.8) is 0 Å². The second-order valence-corrected chi connectivity index (χ2v) is 9.78. The number of hydrogen-bond acceptors (Lipinski definition) is 6. The van der Waals surface area contributed by atoms with Crippen LogP contribution in [-0.2, 0) is 9.59 Å². The molecule has 0 saturated carbocycles. The van der Waals surface area contributed by atoms with E-state index in [1.54, 1.807) is 35.4 Å². The Balaban J connectivity index is 1.34. The van der Waals surface area contributed by atoms with Gasteiger partial charge in [0.05, 0.1) is 18.2 Å². The number of para-hydroxylation sites is 1. The first-order chi connectivity index (χ1) is 17.3. The van der Waals surface area contributed by atoms with Crippen molar-refractivity contribution in [2.45, 2.75) is 44.8 Å². The number of furan rings is 1. The number of ketones is 1. The van der Waals surface area contributed by atoms with Gasteiger partial charge in [0.1, 0.15) is 17.7 Å². The highest BCUT2D eigenvalue weighted by Gasteiger charge is 2.52. The molecule has 4 heterocycles. The molecule has 9 nitrogen and oxygen atoms in total. The van der Waals surface area contributed by atoms with Crippen LogP contribution in [-0.4, -0.2) is 69.5 Å². The summed E-state index contributed by atoms with van der Waals surface area (Å²) in [7, 11) is 0. The molecular weight excluding hydrogens is 460 g/mol. The van der Waals surface area contributed by atoms with Gasteiger partial charge in [-0.25, -0.2) is 0 Å². The topological polar surface area (TPSA) is 113 Å². The highest BCUT2D eigenvalue weighted by molar-refractivity contribution is 6.03. The average Bonchev–Trinajstić information content (AvgIpc) is 3.58. The molecular formula is C27H28N4O5. The van der Waals surface area contributed by atoms with Crippen molar-refractivity contribution in [1.82, 2.24) is 20.1 Å². The molecule has 0 aliphatic carbocycles. The molecule has 2 fully saturated rings. The fourth-order valence-electron chi connectivity index (χ4n) is 5.21. The van der Waals surface area contributed by atoms with Crippen LogP contribution < -0.4 is 5.32 Å². The number of carbonyl (C=O) groups excluding carboxylic acids is 4. The largest absolute Gasteiger partial charge is 0.451 e. The number of likely N-dealkylation sites (tertiary alicyclic amines) is 2. The third kappa shape index (κ3) is 4.36. The number of Topliss-reactive ketones (excluding diaryl/α,β-unsaturated/α-hetero) is 1. The molecule has 1 N–H and O–H groups in total. The van der Waals surface area contributed by atoms with Crippen LogP contribution in [0.3, 0.4) is 0 Å². The molecule has 2 saturated heterocycles. The minimum atomic E-state index is -0.819. The zero-order valence-electron chi connectivity index (χ0n) is 20.2. The number of aromatic nitrogens is 1. The van der Waals surface area contributed by atoms with E-state index >= 15 is 0 Å². The van der Waals surface area contributed by atoms with Gasteiger partial charge >= 0.3 is 0 Å². The van der Waals surface area contributed by atoms with E-state index in [4.69, 9.17) is 4.42 Å². The van der Waals surface area contributed by atoms with Crippen molar-refractivity contribution >= 4 is 34.5 Å². The molecule has 2 aromatic heterocycles. The van der Waals surface area contributed by atoms with Crippen LogP contribution in [0.5, 0.6) is 0 Å². The summed E-state index contributed by atoms with van der Waals surface area (Å²) in [4.78, 5) is 59.8. The fourth-order valence-corrected chi connectivity index (χ4v) is 5.21. The maximum absolute atomic E-state index is 13.7. The number of benzene rings is 1. The summed E-state index contributed by atoms with van der Waals surface area (Å²) in [5.74, 6) is -0.986. The van der Waals surface area contributed by atoms with E-state index in [0.29, 0.717) is 30.5 Å². The fraction of sp³-hybridized carbons (Fsp3) is 0.370. The lowest BCUT2D eigenvalue weighted by Crippen LogP contribution is -2.53. The van der Waals surface area contributed by atoms with Crippen LogP contribution >= 0.6 is 0 Å². The molecule has 0 bridgehead atoms. The molecule has 5 rings (SSSR count). The monoisotopic (exact) mass is 488 g/mol. The summed E-state index contributed by atoms with van der Waals surface area (Å²) in [5.41, 5.74) is 0.998. The van der Waals surface area contributed by atoms with Gasteiger partial charge in [-0.2, -0.15) is 0 Å². The Kier molecular flexibility index (Phi) is 6.30. The Bertz CT molecular complexity index is 1280. The molecule has 3 atom stereocenters. The van der Waals surface area contributed by atoms with Crippen molar-refractivity contribution < 1.29 is 23.6 Å². The molecule has 36 heavy (non-hydrogen) atoms. The first kappa shape index (κ1) is 23.7. The van der Waals surface area contributed by atoms with Crippen molar-refractivity contribution in [2.24, 2.45) is 5.92 Å². The Hall–Kier alpha value is -4.01. The highest BCUT2D eigenvalue weighted by atomic mass is 16.3. The first-order valence-electron chi connectivity index (χ1n) is 12.2. The summed E-state index contributed by atoms with van der Waals surface area (Å²) in [5, 5.41) is 3.63. The van der Waals surface area contributed by atoms with Crippen LogP contribution in [0, 0.1) is 5.92 Å². The molecule has 2 aliphatic heterocycles. The lowest BCUT2D eigenvalue weighted by Gasteiger charge is -2.29. The maximum atomic E-state index is 13.7. The molecule has 1 aromatic carbocycles. The second kappa shape index (κ2) is 9.56. The van der Waals surface area contributed by atoms with E-state index in [2.05, 4.69) is 10.3 Å². The average molecular weight is 489 g/mol. The highest BCUT2D eigenvalue weighted by Crippen LogP contribution is 2.32. The quantitative estimate of drug-likeness (QED) is 0.571. The second-order valence-electron chi connectivity index (χ2n) is 9.78. The number of carbonyl (C=O) groups is 4. The van der Waals surface area contributed by atoms with Gasteiger partial charge < -0.3 is 19.5 Å². The van der Waals surface area contributed by atoms with E-state index in [1.807, 2.05) is 32.0 Å². The van der Waals surface area contributed by atoms with Gasteiger partial charge in [0.2, 0.25) is 5.91 Å². The lowest BCUT2D eigenvalue weighted by atomic mass is 10.0. The summed E-state index contributed by atoms with van der Waals surface area (Å²) in [6.07, 6.45) is 3.97. The molecule has 186 valence electrons. The van der Waals surface area contributed by atoms with Gasteiger partial charge in [-0.05, 0) is 43.0 Å². The van der Waals surface area contributed by atoms with Gasteiger partial charge in [0, 0.05) is 24.3 Å². The predicted molar refractivity (Wildman–Crippen MR) is 131 cm³/mol. The number of amides is 3. The maximum Gasteiger partial charge on any atom is 0.287 e. The molecule has 9 heteroatoms. The lowest BCUT2D eigenvalue weighted by molar-refractivity contribution is -0.138. The van der Waals surface area contributed by atoms with E-state index in [1.165, 1.54) is 11.1 Å². The Labute approximate surface area is 208 Å². The summed E-state index contributed by atoms with van der Waals surface area (Å²) in [6.45, 7) is 4.23. The van der Waals surface area contributed by atoms with Gasteiger partial charge in [0.25, 0.3) is 11.8 Å². The van der Waals surface area contributed by atoms with Crippen LogP contribution in [0.1, 0.15) is 47.6 Å². The SMILES string of the molecule is CC(C)C[C@H](NC(=O)c1cc2ccccc2o1)C(=O)N1CC[C@@H]2[C@H]1C(=O)CN2C(=O)c1cccnc1. The normalized spacial score (nSPS) is 20.1. The molecule has 0 radical (unpaired) electrons. The van der Waals surface area contributed by atoms with Crippen LogP contribution in [0.25, 0.3) is 11.0 Å². The summed E-state index contributed by atoms with van der Waals surface area (Å²) >= 11 is 0. The molecule has 3 aromatic rings.